The second-order valence-electron chi connectivity index (χ2n) is 12.1. The third-order valence-electron chi connectivity index (χ3n) is 8.18. The summed E-state index contributed by atoms with van der Waals surface area (Å²) >= 11 is 13.2. The molecule has 1 aromatic heterocycles. The zero-order valence-electron chi connectivity index (χ0n) is 29.2. The Kier molecular flexibility index (Phi) is 14.8. The first kappa shape index (κ1) is 45.7. The third-order valence-corrected chi connectivity index (χ3v) is 11.0. The van der Waals surface area contributed by atoms with Crippen LogP contribution in [0.15, 0.2) is 41.3 Å². The number of aliphatic carboxylic acids is 2. The number of nitrogens with zero attached hydrogens (tertiary/aromatic N) is 4. The molecule has 2 aliphatic rings. The number of nitrogens with one attached hydrogen (secondary N) is 1. The van der Waals surface area contributed by atoms with E-state index in [0.717, 1.165) is 20.9 Å². The number of benzene rings is 2. The number of fused-ring (bicyclic) bond motifs is 1. The van der Waals surface area contributed by atoms with Gasteiger partial charge in [0.1, 0.15) is 28.8 Å². The van der Waals surface area contributed by atoms with E-state index in [1.54, 1.807) is 11.0 Å². The van der Waals surface area contributed by atoms with Crippen molar-refractivity contribution < 1.29 is 69.2 Å². The summed E-state index contributed by atoms with van der Waals surface area (Å²) in [6, 6.07) is 9.17. The first-order valence-corrected chi connectivity index (χ1v) is 18.1. The monoisotopic (exact) mass is 862 g/mol. The molecule has 2 aliphatic heterocycles. The van der Waals surface area contributed by atoms with Gasteiger partial charge in [-0.15, -0.1) is 0 Å². The van der Waals surface area contributed by atoms with Gasteiger partial charge in [-0.1, -0.05) is 35.3 Å². The third kappa shape index (κ3) is 11.2. The summed E-state index contributed by atoms with van der Waals surface area (Å²) in [7, 11) is -4.32. The number of hydrogen-bond acceptors (Lipinski definition) is 9. The summed E-state index contributed by atoms with van der Waals surface area (Å²) in [5, 5.41) is 33.3. The fraction of sp³-hybridized carbons (Fsp3) is 0.406. The van der Waals surface area contributed by atoms with Crippen LogP contribution in [0.25, 0.3) is 10.9 Å². The lowest BCUT2D eigenvalue weighted by molar-refractivity contribution is -0.193. The summed E-state index contributed by atoms with van der Waals surface area (Å²) in [4.78, 5) is 38.8. The Morgan fingerprint density at radius 3 is 2.02 bits per heavy atom. The maximum absolute atomic E-state index is 13.9. The number of ether oxygens (including phenoxy) is 1. The minimum Gasteiger partial charge on any atom is -0.487 e. The van der Waals surface area contributed by atoms with Crippen molar-refractivity contribution in [1.29, 1.82) is 5.41 Å². The topological polar surface area (TPSA) is 228 Å². The molecule has 0 unspecified atom stereocenters. The molecule has 3 aromatic rings. The highest BCUT2D eigenvalue weighted by Gasteiger charge is 2.46. The van der Waals surface area contributed by atoms with Gasteiger partial charge in [0.25, 0.3) is 0 Å². The molecule has 2 saturated heterocycles. The maximum Gasteiger partial charge on any atom is 0.490 e. The SMILES string of the molecule is Cc1cc(C)c2cccc(OCc3c(Cl)ccc(S(=O)(=O)N4C[C@H](O)C[C@H]4C(=O)N4CCN(C(=N)N)CC4)c3Cl)c2n1.O=C(O)C(F)(F)F.O=C(O)C(F)(F)F. The number of halogens is 8. The van der Waals surface area contributed by atoms with Crippen LogP contribution in [0.2, 0.25) is 10.0 Å². The molecule has 2 aromatic carbocycles. The van der Waals surface area contributed by atoms with Crippen LogP contribution in [-0.4, -0.2) is 124 Å². The van der Waals surface area contributed by atoms with Crippen LogP contribution in [0, 0.1) is 19.3 Å². The van der Waals surface area contributed by atoms with Gasteiger partial charge in [0.05, 0.1) is 11.1 Å². The first-order valence-electron chi connectivity index (χ1n) is 15.9. The van der Waals surface area contributed by atoms with E-state index in [-0.39, 0.29) is 59.1 Å². The van der Waals surface area contributed by atoms with Crippen LogP contribution >= 0.6 is 23.2 Å². The Morgan fingerprint density at radius 2 is 1.50 bits per heavy atom. The lowest BCUT2D eigenvalue weighted by Gasteiger charge is -2.37. The number of amides is 1. The fourth-order valence-electron chi connectivity index (χ4n) is 5.51. The van der Waals surface area contributed by atoms with Gasteiger partial charge >= 0.3 is 24.3 Å². The van der Waals surface area contributed by atoms with Crippen LogP contribution in [0.5, 0.6) is 5.75 Å². The average Bonchev–Trinajstić information content (AvgIpc) is 3.50. The van der Waals surface area contributed by atoms with Crippen molar-refractivity contribution in [1.82, 2.24) is 19.1 Å². The number of carboxylic acids is 2. The number of carbonyl (C=O) groups excluding carboxylic acids is 1. The highest BCUT2D eigenvalue weighted by atomic mass is 35.5. The van der Waals surface area contributed by atoms with E-state index in [9.17, 15) is 44.7 Å². The van der Waals surface area contributed by atoms with Crippen LogP contribution < -0.4 is 10.5 Å². The van der Waals surface area contributed by atoms with Crippen LogP contribution in [0.4, 0.5) is 26.3 Å². The predicted octanol–water partition coefficient (Wildman–Crippen LogP) is 4.17. The Hall–Kier alpha value is -4.64. The van der Waals surface area contributed by atoms with E-state index in [1.807, 2.05) is 32.0 Å². The van der Waals surface area contributed by atoms with Gasteiger partial charge in [-0.25, -0.2) is 23.0 Å². The van der Waals surface area contributed by atoms with Crippen LogP contribution in [-0.2, 0) is 31.0 Å². The van der Waals surface area contributed by atoms with Crippen molar-refractivity contribution in [3.05, 3.63) is 63.3 Å². The number of pyridine rings is 1. The van der Waals surface area contributed by atoms with E-state index in [0.29, 0.717) is 24.4 Å². The number of nitrogens with two attached hydrogens (primary N) is 1. The number of piperazine rings is 1. The number of sulfonamides is 1. The summed E-state index contributed by atoms with van der Waals surface area (Å²) in [6.07, 6.45) is -11.2. The van der Waals surface area contributed by atoms with Gasteiger partial charge in [-0.2, -0.15) is 30.6 Å². The van der Waals surface area contributed by atoms with Crippen molar-refractivity contribution in [2.45, 2.75) is 56.3 Å². The van der Waals surface area contributed by atoms with Gasteiger partial charge in [0, 0.05) is 60.8 Å². The van der Waals surface area contributed by atoms with Gasteiger partial charge in [-0.05, 0) is 43.7 Å². The standard InChI is InChI=1S/C28H32Cl2N6O5S.2C2HF3O2/c1-16-12-17(2)33-26-19(16)4-3-5-23(26)41-15-20-21(29)6-7-24(25(20)30)42(39,40)36-14-18(37)13-22(36)27(38)34-8-10-35(11-9-34)28(31)32;2*3-2(4,5)1(6)7/h3-7,12,18,22,37H,8-11,13-15H2,1-2H3,(H3,31,32);2*(H,6,7)/t18-,22+;;/m1../s1. The molecule has 2 fully saturated rings. The summed E-state index contributed by atoms with van der Waals surface area (Å²) in [5.41, 5.74) is 8.37. The molecule has 0 bridgehead atoms. The zero-order chi connectivity index (χ0) is 42.5. The lowest BCUT2D eigenvalue weighted by atomic mass is 10.1. The van der Waals surface area contributed by atoms with E-state index >= 15 is 0 Å². The van der Waals surface area contributed by atoms with Crippen molar-refractivity contribution in [2.75, 3.05) is 32.7 Å². The van der Waals surface area contributed by atoms with Crippen molar-refractivity contribution in [2.24, 2.45) is 5.73 Å². The summed E-state index contributed by atoms with van der Waals surface area (Å²) in [6.45, 7) is 4.79. The number of alkyl halides is 6. The molecule has 15 nitrogen and oxygen atoms in total. The van der Waals surface area contributed by atoms with Gasteiger partial charge in [0.15, 0.2) is 5.96 Å². The molecule has 5 rings (SSSR count). The molecular weight excluding hydrogens is 829 g/mol. The molecule has 0 spiro atoms. The normalized spacial score (nSPS) is 17.7. The van der Waals surface area contributed by atoms with E-state index < -0.39 is 52.4 Å². The van der Waals surface area contributed by atoms with E-state index in [4.69, 9.17) is 58.9 Å². The highest BCUT2D eigenvalue weighted by Crippen LogP contribution is 2.37. The summed E-state index contributed by atoms with van der Waals surface area (Å²) < 4.78 is 98.4. The minimum absolute atomic E-state index is 0.0426. The molecule has 308 valence electrons. The van der Waals surface area contributed by atoms with Crippen LogP contribution in [0.1, 0.15) is 23.2 Å². The van der Waals surface area contributed by atoms with Crippen molar-refractivity contribution in [3.63, 3.8) is 0 Å². The van der Waals surface area contributed by atoms with Gasteiger partial charge < -0.3 is 35.6 Å². The largest absolute Gasteiger partial charge is 0.490 e. The molecule has 6 N–H and O–H groups in total. The molecule has 56 heavy (non-hydrogen) atoms. The molecule has 2 atom stereocenters. The second-order valence-corrected chi connectivity index (χ2v) is 14.8. The number of carboxylic acid groups (broad SMARTS) is 2. The van der Waals surface area contributed by atoms with Crippen molar-refractivity contribution >= 4 is 67.9 Å². The number of carbonyl (C=O) groups is 3. The maximum atomic E-state index is 13.9. The second kappa shape index (κ2) is 18.1. The number of aryl methyl sites for hydroxylation is 2. The first-order chi connectivity index (χ1) is 25.8. The van der Waals surface area contributed by atoms with Gasteiger partial charge in [-0.3, -0.25) is 10.2 Å². The van der Waals surface area contributed by atoms with E-state index in [1.165, 1.54) is 17.0 Å². The molecule has 0 saturated carbocycles. The number of aliphatic hydroxyl groups excluding tert-OH is 1. The lowest BCUT2D eigenvalue weighted by Crippen LogP contribution is -2.56. The minimum atomic E-state index is -5.08. The van der Waals surface area contributed by atoms with E-state index in [2.05, 4.69) is 4.98 Å². The highest BCUT2D eigenvalue weighted by molar-refractivity contribution is 7.89. The number of para-hydroxylation sites is 1. The number of hydrogen-bond donors (Lipinski definition) is 5. The smallest absolute Gasteiger partial charge is 0.487 e. The predicted molar refractivity (Wildman–Crippen MR) is 188 cm³/mol. The number of rotatable bonds is 6. The Bertz CT molecular complexity index is 2060. The molecule has 0 radical (unpaired) electrons. The Labute approximate surface area is 324 Å². The Balaban J connectivity index is 0.000000512. The zero-order valence-corrected chi connectivity index (χ0v) is 31.5. The van der Waals surface area contributed by atoms with Crippen LogP contribution in [0.3, 0.4) is 0 Å². The van der Waals surface area contributed by atoms with Gasteiger partial charge in [0.2, 0.25) is 15.9 Å². The molecule has 1 amide bonds. The number of β-amino-alcohol motifs (C(OH)–C–C–N with tert-alkyl or cyclic N) is 1. The molecule has 3 heterocycles. The van der Waals surface area contributed by atoms with Crippen molar-refractivity contribution in [3.8, 4) is 5.75 Å². The fourth-order valence-corrected chi connectivity index (χ4v) is 8.00. The number of aliphatic hydroxyl groups is 1. The molecule has 24 heteroatoms. The Morgan fingerprint density at radius 1 is 0.964 bits per heavy atom. The molecular formula is C32H34Cl2F6N6O9S. The average molecular weight is 864 g/mol. The quantitative estimate of drug-likeness (QED) is 0.134. The molecule has 0 aliphatic carbocycles. The number of guanidine groups is 1. The number of aromatic nitrogens is 1. The summed E-state index contributed by atoms with van der Waals surface area (Å²) in [5.74, 6) is -5.51.